The number of aryl methyl sites for hydroxylation is 3. The van der Waals surface area contributed by atoms with Gasteiger partial charge in [0.1, 0.15) is 17.9 Å². The summed E-state index contributed by atoms with van der Waals surface area (Å²) in [6.07, 6.45) is 3.07. The number of amides is 1. The van der Waals surface area contributed by atoms with E-state index in [4.69, 9.17) is 4.42 Å². The van der Waals surface area contributed by atoms with Gasteiger partial charge in [-0.25, -0.2) is 19.6 Å². The molecule has 0 radical (unpaired) electrons. The molecule has 0 aromatic carbocycles. The number of nitrogens with one attached hydrogen (secondary N) is 1. The number of aromatic nitrogens is 5. The molecule has 0 atom stereocenters. The van der Waals surface area contributed by atoms with Gasteiger partial charge in [0.05, 0.1) is 29.1 Å². The van der Waals surface area contributed by atoms with Gasteiger partial charge >= 0.3 is 0 Å². The highest BCUT2D eigenvalue weighted by molar-refractivity contribution is 7.09. The molecule has 150 valence electrons. The number of hydrogen-bond donors (Lipinski definition) is 1. The maximum absolute atomic E-state index is 13.2. The molecule has 0 aliphatic rings. The van der Waals surface area contributed by atoms with Crippen molar-refractivity contribution in [2.45, 2.75) is 27.3 Å². The van der Waals surface area contributed by atoms with Crippen LogP contribution in [0.1, 0.15) is 32.3 Å². The fourth-order valence-electron chi connectivity index (χ4n) is 3.48. The molecule has 5 rings (SSSR count). The normalized spacial score (nSPS) is 11.4. The maximum atomic E-state index is 13.2. The zero-order chi connectivity index (χ0) is 20.8. The molecule has 5 aromatic rings. The molecule has 0 spiro atoms. The molecule has 0 unspecified atom stereocenters. The second-order valence-corrected chi connectivity index (χ2v) is 8.10. The average Bonchev–Trinajstić information content (AvgIpc) is 3.43. The quantitative estimate of drug-likeness (QED) is 0.468. The van der Waals surface area contributed by atoms with E-state index < -0.39 is 0 Å². The summed E-state index contributed by atoms with van der Waals surface area (Å²) in [6, 6.07) is 5.82. The molecule has 1 amide bonds. The molecule has 8 nitrogen and oxygen atoms in total. The lowest BCUT2D eigenvalue weighted by molar-refractivity contribution is 0.102. The van der Waals surface area contributed by atoms with Crippen LogP contribution in [-0.2, 0) is 6.54 Å². The molecule has 30 heavy (non-hydrogen) atoms. The van der Waals surface area contributed by atoms with Crippen molar-refractivity contribution >= 4 is 45.2 Å². The number of rotatable bonds is 4. The van der Waals surface area contributed by atoms with E-state index in [9.17, 15) is 4.79 Å². The minimum atomic E-state index is -0.278. The largest absolute Gasteiger partial charge is 0.443 e. The lowest BCUT2D eigenvalue weighted by Gasteiger charge is -2.08. The van der Waals surface area contributed by atoms with Crippen LogP contribution in [0.25, 0.3) is 22.1 Å². The van der Waals surface area contributed by atoms with Crippen LogP contribution in [0.2, 0.25) is 0 Å². The number of carbonyl (C=O) groups excluding carboxylic acids is 1. The molecule has 0 bridgehead atoms. The maximum Gasteiger partial charge on any atom is 0.257 e. The van der Waals surface area contributed by atoms with Crippen molar-refractivity contribution in [2.24, 2.45) is 0 Å². The van der Waals surface area contributed by atoms with Gasteiger partial charge in [0.25, 0.3) is 5.91 Å². The molecule has 0 saturated carbocycles. The molecule has 0 aliphatic heterocycles. The van der Waals surface area contributed by atoms with Crippen molar-refractivity contribution in [3.63, 3.8) is 0 Å². The van der Waals surface area contributed by atoms with Gasteiger partial charge < -0.3 is 9.73 Å². The predicted octanol–water partition coefficient (Wildman–Crippen LogP) is 4.25. The van der Waals surface area contributed by atoms with Crippen LogP contribution in [-0.4, -0.2) is 30.6 Å². The highest BCUT2D eigenvalue weighted by Gasteiger charge is 2.20. The number of thiophene rings is 1. The topological polar surface area (TPSA) is 98.7 Å². The molecule has 0 aliphatic carbocycles. The zero-order valence-electron chi connectivity index (χ0n) is 16.6. The van der Waals surface area contributed by atoms with Gasteiger partial charge in [-0.2, -0.15) is 5.10 Å². The third kappa shape index (κ3) is 3.03. The monoisotopic (exact) mass is 418 g/mol. The summed E-state index contributed by atoms with van der Waals surface area (Å²) in [4.78, 5) is 27.4. The molecule has 5 heterocycles. The van der Waals surface area contributed by atoms with E-state index in [0.717, 1.165) is 17.0 Å². The number of anilines is 1. The highest BCUT2D eigenvalue weighted by atomic mass is 32.1. The zero-order valence-corrected chi connectivity index (χ0v) is 17.4. The molecule has 0 fully saturated rings. The summed E-state index contributed by atoms with van der Waals surface area (Å²) < 4.78 is 7.46. The number of fused-ring (bicyclic) bond motifs is 2. The molecule has 0 saturated heterocycles. The smallest absolute Gasteiger partial charge is 0.257 e. The van der Waals surface area contributed by atoms with Crippen LogP contribution in [0.15, 0.2) is 40.5 Å². The lowest BCUT2D eigenvalue weighted by Crippen LogP contribution is -2.14. The number of furan rings is 1. The van der Waals surface area contributed by atoms with Crippen LogP contribution in [0.5, 0.6) is 0 Å². The molecule has 1 N–H and O–H groups in total. The number of hydrogen-bond acceptors (Lipinski definition) is 7. The van der Waals surface area contributed by atoms with Crippen LogP contribution in [0, 0.1) is 20.8 Å². The van der Waals surface area contributed by atoms with Gasteiger partial charge in [0, 0.05) is 16.1 Å². The minimum absolute atomic E-state index is 0.278. The van der Waals surface area contributed by atoms with E-state index in [0.29, 0.717) is 40.1 Å². The fraction of sp³-hybridized carbons (Fsp3) is 0.190. The van der Waals surface area contributed by atoms with Crippen molar-refractivity contribution in [1.29, 1.82) is 0 Å². The first kappa shape index (κ1) is 18.4. The van der Waals surface area contributed by atoms with Gasteiger partial charge in [0.2, 0.25) is 5.71 Å². The first-order valence-electron chi connectivity index (χ1n) is 9.39. The van der Waals surface area contributed by atoms with Crippen LogP contribution in [0.4, 0.5) is 5.82 Å². The Morgan fingerprint density at radius 3 is 2.93 bits per heavy atom. The number of carbonyl (C=O) groups is 1. The fourth-order valence-corrected chi connectivity index (χ4v) is 4.16. The van der Waals surface area contributed by atoms with Crippen molar-refractivity contribution in [3.8, 4) is 0 Å². The Morgan fingerprint density at radius 2 is 2.13 bits per heavy atom. The Kier molecular flexibility index (Phi) is 4.32. The van der Waals surface area contributed by atoms with Crippen molar-refractivity contribution in [2.75, 3.05) is 5.32 Å². The Bertz CT molecular complexity index is 1400. The van der Waals surface area contributed by atoms with Crippen molar-refractivity contribution < 1.29 is 9.21 Å². The molecular weight excluding hydrogens is 400 g/mol. The summed E-state index contributed by atoms with van der Waals surface area (Å²) in [5.41, 5.74) is 3.27. The number of pyridine rings is 1. The SMILES string of the molecule is Cc1cc(C(=O)Nc2ncnc3oc(C)c(C)c23)c2cnn(Cc3cccs3)c2n1. The summed E-state index contributed by atoms with van der Waals surface area (Å²) in [5, 5.41) is 10.8. The summed E-state index contributed by atoms with van der Waals surface area (Å²) in [6.45, 7) is 6.26. The second kappa shape index (κ2) is 7.03. The van der Waals surface area contributed by atoms with E-state index in [1.165, 1.54) is 11.2 Å². The van der Waals surface area contributed by atoms with E-state index in [1.807, 2.05) is 36.9 Å². The third-order valence-corrected chi connectivity index (χ3v) is 5.93. The average molecular weight is 418 g/mol. The first-order valence-corrected chi connectivity index (χ1v) is 10.3. The highest BCUT2D eigenvalue weighted by Crippen LogP contribution is 2.29. The molecule has 9 heteroatoms. The van der Waals surface area contributed by atoms with Gasteiger partial charge in [-0.15, -0.1) is 11.3 Å². The third-order valence-electron chi connectivity index (χ3n) is 5.06. The summed E-state index contributed by atoms with van der Waals surface area (Å²) in [5.74, 6) is 0.894. The van der Waals surface area contributed by atoms with E-state index in [1.54, 1.807) is 23.6 Å². The molecular formula is C21H18N6O2S. The van der Waals surface area contributed by atoms with Crippen molar-refractivity contribution in [1.82, 2.24) is 24.7 Å². The van der Waals surface area contributed by atoms with Crippen LogP contribution < -0.4 is 5.32 Å². The van der Waals surface area contributed by atoms with Crippen LogP contribution in [0.3, 0.4) is 0 Å². The van der Waals surface area contributed by atoms with E-state index in [-0.39, 0.29) is 5.91 Å². The van der Waals surface area contributed by atoms with Gasteiger partial charge in [-0.3, -0.25) is 4.79 Å². The van der Waals surface area contributed by atoms with Crippen LogP contribution >= 0.6 is 11.3 Å². The standard InChI is InChI=1S/C21H18N6O2S/c1-11-7-15(16-8-24-27(19(16)25-11)9-14-5-4-6-30-14)20(28)26-18-17-12(2)13(3)29-21(17)23-10-22-18/h4-8,10H,9H2,1-3H3,(H,22,23,26,28). The summed E-state index contributed by atoms with van der Waals surface area (Å²) >= 11 is 1.66. The Hall–Kier alpha value is -3.59. The Morgan fingerprint density at radius 1 is 1.27 bits per heavy atom. The second-order valence-electron chi connectivity index (χ2n) is 7.07. The number of nitrogens with zero attached hydrogens (tertiary/aromatic N) is 5. The van der Waals surface area contributed by atoms with Crippen molar-refractivity contribution in [3.05, 3.63) is 63.6 Å². The minimum Gasteiger partial charge on any atom is -0.443 e. The summed E-state index contributed by atoms with van der Waals surface area (Å²) in [7, 11) is 0. The lowest BCUT2D eigenvalue weighted by atomic mass is 10.1. The van der Waals surface area contributed by atoms with E-state index >= 15 is 0 Å². The Balaban J connectivity index is 1.55. The van der Waals surface area contributed by atoms with Gasteiger partial charge in [-0.05, 0) is 38.3 Å². The van der Waals surface area contributed by atoms with E-state index in [2.05, 4.69) is 31.4 Å². The predicted molar refractivity (Wildman–Crippen MR) is 115 cm³/mol. The molecule has 5 aromatic heterocycles. The van der Waals surface area contributed by atoms with Gasteiger partial charge in [-0.1, -0.05) is 6.07 Å². The first-order chi connectivity index (χ1) is 14.5. The van der Waals surface area contributed by atoms with Gasteiger partial charge in [0.15, 0.2) is 5.65 Å². The Labute approximate surface area is 175 Å².